The molecule has 0 atom stereocenters. The van der Waals surface area contributed by atoms with E-state index in [0.717, 1.165) is 12.1 Å². The number of halogens is 2. The molecule has 0 saturated heterocycles. The minimum atomic E-state index is -0.713. The lowest BCUT2D eigenvalue weighted by Gasteiger charge is -1.98. The molecule has 0 aromatic heterocycles. The van der Waals surface area contributed by atoms with Crippen LogP contribution >= 0.6 is 0 Å². The molecule has 6 heteroatoms. The number of esters is 1. The smallest absolute Gasteiger partial charge is 0.337 e. The largest absolute Gasteiger partial charge is 0.465 e. The Morgan fingerprint density at radius 3 is 2.05 bits per heavy atom. The fourth-order valence-electron chi connectivity index (χ4n) is 1.29. The molecule has 106 valence electrons. The third-order valence-electron chi connectivity index (χ3n) is 2.31. The van der Waals surface area contributed by atoms with Gasteiger partial charge in [-0.25, -0.2) is 13.6 Å². The quantitative estimate of drug-likeness (QED) is 0.621. The molecule has 0 unspecified atom stereocenters. The summed E-state index contributed by atoms with van der Waals surface area (Å²) in [5.74, 6) is -1.79. The third-order valence-corrected chi connectivity index (χ3v) is 2.31. The number of nitrogens with two attached hydrogens (primary N) is 2. The Morgan fingerprint density at radius 2 is 1.60 bits per heavy atom. The Kier molecular flexibility index (Phi) is 5.46. The molecule has 0 spiro atoms. The highest BCUT2D eigenvalue weighted by atomic mass is 19.1. The van der Waals surface area contributed by atoms with Gasteiger partial charge in [-0.3, -0.25) is 0 Å². The topological polar surface area (TPSA) is 78.3 Å². The summed E-state index contributed by atoms with van der Waals surface area (Å²) >= 11 is 0. The summed E-state index contributed by atoms with van der Waals surface area (Å²) in [4.78, 5) is 10.9. The van der Waals surface area contributed by atoms with Crippen molar-refractivity contribution in [3.8, 4) is 0 Å². The van der Waals surface area contributed by atoms with E-state index >= 15 is 0 Å². The number of hydrogen-bond donors (Lipinski definition) is 2. The van der Waals surface area contributed by atoms with Gasteiger partial charge in [0.05, 0.1) is 12.7 Å². The average Bonchev–Trinajstić information content (AvgIpc) is 2.44. The van der Waals surface area contributed by atoms with Crippen LogP contribution in [0.3, 0.4) is 0 Å². The number of rotatable bonds is 1. The van der Waals surface area contributed by atoms with Crippen molar-refractivity contribution in [1.29, 1.82) is 0 Å². The van der Waals surface area contributed by atoms with Gasteiger partial charge in [0.1, 0.15) is 17.3 Å². The van der Waals surface area contributed by atoms with Crippen LogP contribution in [0.2, 0.25) is 0 Å². The molecule has 0 aliphatic carbocycles. The summed E-state index contributed by atoms with van der Waals surface area (Å²) in [6.07, 6.45) is 0. The van der Waals surface area contributed by atoms with E-state index in [1.807, 2.05) is 0 Å². The molecule has 0 bridgehead atoms. The SMILES string of the molecule is COC(=O)c1cccc(N)c1.Nc1c(F)cccc1F. The number of benzene rings is 2. The van der Waals surface area contributed by atoms with Gasteiger partial charge in [0.15, 0.2) is 0 Å². The molecule has 2 aromatic carbocycles. The number of hydrogen-bond acceptors (Lipinski definition) is 4. The Bertz CT molecular complexity index is 583. The van der Waals surface area contributed by atoms with Crippen LogP contribution in [0.4, 0.5) is 20.2 Å². The van der Waals surface area contributed by atoms with Crippen molar-refractivity contribution in [2.45, 2.75) is 0 Å². The Hall–Kier alpha value is -2.63. The second-order valence-electron chi connectivity index (χ2n) is 3.75. The molecule has 2 rings (SSSR count). The molecule has 0 radical (unpaired) electrons. The van der Waals surface area contributed by atoms with Gasteiger partial charge in [0.25, 0.3) is 0 Å². The first-order chi connectivity index (χ1) is 9.45. The molecule has 20 heavy (non-hydrogen) atoms. The molecule has 4 nitrogen and oxygen atoms in total. The number of nitrogen functional groups attached to an aromatic ring is 2. The van der Waals surface area contributed by atoms with Crippen LogP contribution in [-0.4, -0.2) is 13.1 Å². The van der Waals surface area contributed by atoms with Gasteiger partial charge in [0.2, 0.25) is 0 Å². The minimum absolute atomic E-state index is 0.364. The van der Waals surface area contributed by atoms with E-state index in [2.05, 4.69) is 4.74 Å². The van der Waals surface area contributed by atoms with Crippen molar-refractivity contribution < 1.29 is 18.3 Å². The molecule has 0 amide bonds. The van der Waals surface area contributed by atoms with Crippen LogP contribution in [0.25, 0.3) is 0 Å². The first-order valence-electron chi connectivity index (χ1n) is 5.59. The lowest BCUT2D eigenvalue weighted by molar-refractivity contribution is 0.0601. The maximum atomic E-state index is 12.2. The van der Waals surface area contributed by atoms with E-state index in [9.17, 15) is 13.6 Å². The highest BCUT2D eigenvalue weighted by Crippen LogP contribution is 2.12. The van der Waals surface area contributed by atoms with E-state index < -0.39 is 17.3 Å². The number of carbonyl (C=O) groups excluding carboxylic acids is 1. The number of para-hydroxylation sites is 1. The monoisotopic (exact) mass is 280 g/mol. The van der Waals surface area contributed by atoms with E-state index in [0.29, 0.717) is 11.3 Å². The zero-order chi connectivity index (χ0) is 15.1. The predicted molar refractivity (Wildman–Crippen MR) is 73.0 cm³/mol. The normalized spacial score (nSPS) is 9.35. The highest BCUT2D eigenvalue weighted by Gasteiger charge is 2.03. The highest BCUT2D eigenvalue weighted by molar-refractivity contribution is 5.90. The van der Waals surface area contributed by atoms with Crippen LogP contribution in [0.1, 0.15) is 10.4 Å². The molecular weight excluding hydrogens is 266 g/mol. The van der Waals surface area contributed by atoms with Crippen molar-refractivity contribution >= 4 is 17.3 Å². The van der Waals surface area contributed by atoms with Crippen LogP contribution in [0, 0.1) is 11.6 Å². The van der Waals surface area contributed by atoms with E-state index in [1.54, 1.807) is 24.3 Å². The van der Waals surface area contributed by atoms with Crippen molar-refractivity contribution in [2.24, 2.45) is 0 Å². The number of anilines is 2. The summed E-state index contributed by atoms with van der Waals surface area (Å²) in [6, 6.07) is 10.1. The number of methoxy groups -OCH3 is 1. The number of carbonyl (C=O) groups is 1. The minimum Gasteiger partial charge on any atom is -0.465 e. The lowest BCUT2D eigenvalue weighted by Crippen LogP contribution is -2.01. The van der Waals surface area contributed by atoms with E-state index in [4.69, 9.17) is 11.5 Å². The van der Waals surface area contributed by atoms with Crippen molar-refractivity contribution in [3.05, 3.63) is 59.7 Å². The van der Waals surface area contributed by atoms with Gasteiger partial charge in [-0.2, -0.15) is 0 Å². The molecular formula is C14H14F2N2O2. The fraction of sp³-hybridized carbons (Fsp3) is 0.0714. The Morgan fingerprint density at radius 1 is 1.05 bits per heavy atom. The predicted octanol–water partition coefficient (Wildman–Crippen LogP) is 2.60. The summed E-state index contributed by atoms with van der Waals surface area (Å²) in [5.41, 5.74) is 11.0. The van der Waals surface area contributed by atoms with E-state index in [-0.39, 0.29) is 5.97 Å². The first-order valence-corrected chi connectivity index (χ1v) is 5.59. The standard InChI is InChI=1S/C8H9NO2.C6H5F2N/c1-11-8(10)6-3-2-4-7(9)5-6;7-4-2-1-3-5(8)6(4)9/h2-5H,9H2,1H3;1-3H,9H2. The van der Waals surface area contributed by atoms with Crippen LogP contribution in [0.15, 0.2) is 42.5 Å². The zero-order valence-corrected chi connectivity index (χ0v) is 10.8. The maximum Gasteiger partial charge on any atom is 0.337 e. The van der Waals surface area contributed by atoms with Gasteiger partial charge in [-0.05, 0) is 30.3 Å². The molecule has 0 heterocycles. The zero-order valence-electron chi connectivity index (χ0n) is 10.8. The second kappa shape index (κ2) is 7.08. The molecule has 0 aliphatic rings. The summed E-state index contributed by atoms with van der Waals surface area (Å²) < 4.78 is 28.9. The van der Waals surface area contributed by atoms with Crippen molar-refractivity contribution in [2.75, 3.05) is 18.6 Å². The molecule has 4 N–H and O–H groups in total. The van der Waals surface area contributed by atoms with Gasteiger partial charge in [-0.1, -0.05) is 12.1 Å². The van der Waals surface area contributed by atoms with Crippen molar-refractivity contribution in [1.82, 2.24) is 0 Å². The van der Waals surface area contributed by atoms with Crippen molar-refractivity contribution in [3.63, 3.8) is 0 Å². The van der Waals surface area contributed by atoms with Gasteiger partial charge >= 0.3 is 5.97 Å². The van der Waals surface area contributed by atoms with Gasteiger partial charge in [-0.15, -0.1) is 0 Å². The van der Waals surface area contributed by atoms with E-state index in [1.165, 1.54) is 13.2 Å². The fourth-order valence-corrected chi connectivity index (χ4v) is 1.29. The maximum absolute atomic E-state index is 12.2. The van der Waals surface area contributed by atoms with Gasteiger partial charge in [0, 0.05) is 5.69 Å². The molecule has 0 fully saturated rings. The Balaban J connectivity index is 0.000000204. The Labute approximate surface area is 115 Å². The molecule has 0 aliphatic heterocycles. The van der Waals surface area contributed by atoms with Crippen LogP contribution in [0.5, 0.6) is 0 Å². The summed E-state index contributed by atoms with van der Waals surface area (Å²) in [5, 5.41) is 0. The van der Waals surface area contributed by atoms with Crippen LogP contribution < -0.4 is 11.5 Å². The summed E-state index contributed by atoms with van der Waals surface area (Å²) in [6.45, 7) is 0. The summed E-state index contributed by atoms with van der Waals surface area (Å²) in [7, 11) is 1.34. The molecule has 2 aromatic rings. The average molecular weight is 280 g/mol. The second-order valence-corrected chi connectivity index (χ2v) is 3.75. The number of ether oxygens (including phenoxy) is 1. The first kappa shape index (κ1) is 15.4. The van der Waals surface area contributed by atoms with Gasteiger partial charge < -0.3 is 16.2 Å². The lowest BCUT2D eigenvalue weighted by atomic mass is 10.2. The third kappa shape index (κ3) is 4.24. The molecule has 0 saturated carbocycles. The van der Waals surface area contributed by atoms with Crippen LogP contribution in [-0.2, 0) is 4.74 Å².